The molecule has 1 N–H and O–H groups in total. The number of nitrogens with zero attached hydrogens (tertiary/aromatic N) is 5. The van der Waals surface area contributed by atoms with E-state index < -0.39 is 51.9 Å². The predicted molar refractivity (Wildman–Crippen MR) is 123 cm³/mol. The van der Waals surface area contributed by atoms with Gasteiger partial charge in [-0.25, -0.2) is 13.5 Å². The van der Waals surface area contributed by atoms with Crippen LogP contribution in [0, 0.1) is 11.6 Å². The van der Waals surface area contributed by atoms with Crippen molar-refractivity contribution in [2.75, 3.05) is 0 Å². The SMILES string of the molecule is BC(B)(n1cnnn1)C(O)(c1ccc(F)cc1F)C(F)(F)c1ccc(-c2ccc(OC(F)(F)F)cc2)cn1. The van der Waals surface area contributed by atoms with Crippen LogP contribution in [-0.4, -0.2) is 52.4 Å². The van der Waals surface area contributed by atoms with E-state index in [-0.39, 0.29) is 5.56 Å². The van der Waals surface area contributed by atoms with Crippen LogP contribution in [0.3, 0.4) is 0 Å². The fraction of sp³-hybridized carbons (Fsp3) is 0.182. The molecular weight excluding hydrogens is 521 g/mol. The normalized spacial score (nSPS) is 14.2. The molecule has 2 aromatic carbocycles. The second-order valence-corrected chi connectivity index (χ2v) is 8.73. The second-order valence-electron chi connectivity index (χ2n) is 8.73. The third-order valence-corrected chi connectivity index (χ3v) is 6.09. The molecule has 0 bridgehead atoms. The number of alkyl halides is 5. The third-order valence-electron chi connectivity index (χ3n) is 6.09. The first kappa shape index (κ1) is 27.1. The first-order valence-corrected chi connectivity index (χ1v) is 10.8. The summed E-state index contributed by atoms with van der Waals surface area (Å²) < 4.78 is 103. The average molecular weight is 537 g/mol. The van der Waals surface area contributed by atoms with E-state index in [1.54, 1.807) is 0 Å². The van der Waals surface area contributed by atoms with E-state index in [9.17, 15) is 27.1 Å². The number of rotatable bonds is 7. The van der Waals surface area contributed by atoms with Crippen molar-refractivity contribution in [1.82, 2.24) is 25.2 Å². The van der Waals surface area contributed by atoms with Gasteiger partial charge < -0.3 is 9.84 Å². The second kappa shape index (κ2) is 9.42. The van der Waals surface area contributed by atoms with E-state index >= 15 is 8.78 Å². The lowest BCUT2D eigenvalue weighted by Crippen LogP contribution is -2.63. The Morgan fingerprint density at radius 1 is 0.868 bits per heavy atom. The van der Waals surface area contributed by atoms with Crippen molar-refractivity contribution in [3.8, 4) is 16.9 Å². The third kappa shape index (κ3) is 4.71. The fourth-order valence-electron chi connectivity index (χ4n) is 4.03. The van der Waals surface area contributed by atoms with Crippen LogP contribution >= 0.6 is 0 Å². The Labute approximate surface area is 212 Å². The first-order valence-electron chi connectivity index (χ1n) is 10.8. The van der Waals surface area contributed by atoms with Crippen LogP contribution in [-0.2, 0) is 16.9 Å². The highest BCUT2D eigenvalue weighted by Gasteiger charge is 2.65. The van der Waals surface area contributed by atoms with Gasteiger partial charge in [-0.1, -0.05) is 24.3 Å². The number of pyridine rings is 1. The molecule has 0 aliphatic rings. The Balaban J connectivity index is 1.77. The van der Waals surface area contributed by atoms with Gasteiger partial charge in [-0.2, -0.15) is 8.78 Å². The van der Waals surface area contributed by atoms with Gasteiger partial charge in [0.05, 0.1) is 0 Å². The van der Waals surface area contributed by atoms with Crippen molar-refractivity contribution >= 4 is 15.7 Å². The highest BCUT2D eigenvalue weighted by Crippen LogP contribution is 2.52. The molecule has 38 heavy (non-hydrogen) atoms. The summed E-state index contributed by atoms with van der Waals surface area (Å²) in [6.07, 6.45) is -2.92. The standard InChI is InChI=1S/C22H16B2F7N5O2/c23-21(24,36-11-33-34-35-36)19(37,16-7-4-14(25)9-17(16)26)20(27,28)18-8-3-13(10-32-18)12-1-5-15(6-2-12)38-22(29,30)31/h1-11,37H,23-24H2. The van der Waals surface area contributed by atoms with Crippen molar-refractivity contribution < 1.29 is 40.6 Å². The highest BCUT2D eigenvalue weighted by atomic mass is 19.4. The number of ether oxygens (including phenoxy) is 1. The van der Waals surface area contributed by atoms with Crippen LogP contribution in [0.15, 0.2) is 67.1 Å². The topological polar surface area (TPSA) is 86.0 Å². The molecule has 0 spiro atoms. The zero-order chi connectivity index (χ0) is 27.9. The molecule has 1 atom stereocenters. The molecule has 4 aromatic rings. The van der Waals surface area contributed by atoms with Gasteiger partial charge in [-0.15, -0.1) is 18.3 Å². The summed E-state index contributed by atoms with van der Waals surface area (Å²) in [4.78, 5) is 3.76. The van der Waals surface area contributed by atoms with Crippen LogP contribution in [0.2, 0.25) is 0 Å². The molecule has 196 valence electrons. The van der Waals surface area contributed by atoms with Crippen LogP contribution in [0.25, 0.3) is 11.1 Å². The number of aliphatic hydroxyl groups is 1. The molecule has 0 fully saturated rings. The Morgan fingerprint density at radius 2 is 1.53 bits per heavy atom. The highest BCUT2D eigenvalue weighted by molar-refractivity contribution is 6.38. The number of halogens is 7. The van der Waals surface area contributed by atoms with E-state index in [1.165, 1.54) is 18.2 Å². The summed E-state index contributed by atoms with van der Waals surface area (Å²) in [5.41, 5.74) is -4.74. The summed E-state index contributed by atoms with van der Waals surface area (Å²) in [5.74, 6) is -7.28. The maximum atomic E-state index is 16.2. The Bertz CT molecular complexity index is 1420. The molecule has 0 aliphatic carbocycles. The van der Waals surface area contributed by atoms with E-state index in [4.69, 9.17) is 0 Å². The van der Waals surface area contributed by atoms with E-state index in [0.717, 1.165) is 57.2 Å². The van der Waals surface area contributed by atoms with Gasteiger partial charge in [-0.05, 0) is 40.3 Å². The molecule has 4 rings (SSSR count). The van der Waals surface area contributed by atoms with Crippen molar-refractivity contribution in [2.24, 2.45) is 0 Å². The molecule has 7 nitrogen and oxygen atoms in total. The van der Waals surface area contributed by atoms with Gasteiger partial charge in [0, 0.05) is 28.7 Å². The fourth-order valence-corrected chi connectivity index (χ4v) is 4.03. The minimum absolute atomic E-state index is 0.249. The molecule has 0 amide bonds. The quantitative estimate of drug-likeness (QED) is 0.288. The Hall–Kier alpha value is -3.94. The summed E-state index contributed by atoms with van der Waals surface area (Å²) in [7, 11) is 2.28. The van der Waals surface area contributed by atoms with Crippen molar-refractivity contribution in [3.63, 3.8) is 0 Å². The number of tetrazole rings is 1. The lowest BCUT2D eigenvalue weighted by Gasteiger charge is -2.47. The molecule has 2 heterocycles. The molecule has 2 aromatic heterocycles. The minimum atomic E-state index is -4.88. The molecule has 0 radical (unpaired) electrons. The molecule has 0 saturated heterocycles. The van der Waals surface area contributed by atoms with Crippen molar-refractivity contribution in [2.45, 2.75) is 23.2 Å². The van der Waals surface area contributed by atoms with Gasteiger partial charge in [-0.3, -0.25) is 4.98 Å². The van der Waals surface area contributed by atoms with Gasteiger partial charge in [0.25, 0.3) is 0 Å². The van der Waals surface area contributed by atoms with Gasteiger partial charge in [0.2, 0.25) is 0 Å². The maximum absolute atomic E-state index is 16.2. The zero-order valence-corrected chi connectivity index (χ0v) is 19.6. The first-order chi connectivity index (χ1) is 17.7. The monoisotopic (exact) mass is 537 g/mol. The van der Waals surface area contributed by atoms with Crippen LogP contribution in [0.1, 0.15) is 11.3 Å². The Kier molecular flexibility index (Phi) is 6.72. The smallest absolute Gasteiger partial charge is 0.406 e. The minimum Gasteiger partial charge on any atom is -0.406 e. The van der Waals surface area contributed by atoms with Gasteiger partial charge in [0.1, 0.15) is 45.1 Å². The van der Waals surface area contributed by atoms with Gasteiger partial charge in [0.15, 0.2) is 5.60 Å². The van der Waals surface area contributed by atoms with Crippen LogP contribution in [0.4, 0.5) is 30.7 Å². The van der Waals surface area contributed by atoms with Crippen molar-refractivity contribution in [1.29, 1.82) is 0 Å². The lowest BCUT2D eigenvalue weighted by molar-refractivity contribution is -0.274. The predicted octanol–water partition coefficient (Wildman–Crippen LogP) is 2.47. The Morgan fingerprint density at radius 3 is 2.05 bits per heavy atom. The number of benzene rings is 2. The number of aromatic nitrogens is 5. The molecule has 16 heteroatoms. The van der Waals surface area contributed by atoms with Crippen molar-refractivity contribution in [3.05, 3.63) is 90.0 Å². The molecular formula is C22H16B2F7N5O2. The van der Waals surface area contributed by atoms with E-state index in [1.807, 2.05) is 0 Å². The summed E-state index contributed by atoms with van der Waals surface area (Å²) >= 11 is 0. The summed E-state index contributed by atoms with van der Waals surface area (Å²) in [6, 6.07) is 8.45. The van der Waals surface area contributed by atoms with Crippen LogP contribution in [0.5, 0.6) is 5.75 Å². The summed E-state index contributed by atoms with van der Waals surface area (Å²) in [6.45, 7) is 0. The largest absolute Gasteiger partial charge is 0.573 e. The lowest BCUT2D eigenvalue weighted by atomic mass is 9.49. The summed E-state index contributed by atoms with van der Waals surface area (Å²) in [5, 5.41) is 19.9. The molecule has 1 unspecified atom stereocenters. The average Bonchev–Trinajstić information content (AvgIpc) is 3.39. The zero-order valence-electron chi connectivity index (χ0n) is 19.6. The maximum Gasteiger partial charge on any atom is 0.573 e. The molecule has 0 saturated carbocycles. The van der Waals surface area contributed by atoms with Gasteiger partial charge >= 0.3 is 12.3 Å². The number of hydrogen-bond donors (Lipinski definition) is 1. The molecule has 0 aliphatic heterocycles. The number of hydrogen-bond acceptors (Lipinski definition) is 6. The van der Waals surface area contributed by atoms with E-state index in [2.05, 4.69) is 25.2 Å². The van der Waals surface area contributed by atoms with Crippen LogP contribution < -0.4 is 4.74 Å². The van der Waals surface area contributed by atoms with E-state index in [0.29, 0.717) is 17.7 Å².